The standard InChI is InChI=1S/C23H15F4NO4.C15H13F4NO2.C15H10F4O3.C15H12F4O2.C8H9Cl.C7H2F4O3/c1-12-6-8-13(9-7-12)10-31-21-19(26)17(24)16(18(25)20(21)27)11-32-28-22(29)14-4-2-3-5-15(14)23(28)30;1-8-2-4-9(5-3-8)6-21-15-13(18)11(16)10(7-22-20)12(17)14(15)19;1-7-2-4-8(5-3-7)6-22-14-12(18)10(16)9(15(20)21)11(17)13(14)19;1-8-2-4-9(5-3-8)7-21-15-13(18)11(16)10(6-20)12(17)14(15)19;1-7-2-4-8(6-9)5-3-7;8-2-1(7(13)14)3(9)5(11)6(12)4(2)10/h2-9H,10-11H2,1H3;2-5H,6-7,20H2,1H3;2-5H,6H2,1H3,(H,20,21);2-5,20H,6-7H2,1H3;2-5H,6H2,1H3;12H,(H,13,14). The maximum atomic E-state index is 14.5. The number of rotatable bonds is 21. The lowest BCUT2D eigenvalue weighted by atomic mass is 10.1. The number of amides is 2. The number of nitrogens with two attached hydrogens (primary N) is 1. The highest BCUT2D eigenvalue weighted by atomic mass is 35.5. The average Bonchev–Trinajstić information content (AvgIpc) is 1.56. The zero-order chi connectivity index (χ0) is 89.0. The number of aliphatic hydroxyl groups is 1. The van der Waals surface area contributed by atoms with Gasteiger partial charge in [-0.3, -0.25) is 19.3 Å². The molecule has 16 nitrogen and oxygen atoms in total. The van der Waals surface area contributed by atoms with Gasteiger partial charge in [-0.15, -0.1) is 16.7 Å². The van der Waals surface area contributed by atoms with Crippen molar-refractivity contribution in [2.45, 2.75) is 86.7 Å². The SMILES string of the molecule is Cc1ccc(CCl)cc1.Cc1ccc(COc2c(F)c(F)c(C(=O)O)c(F)c2F)cc1.Cc1ccc(COc2c(F)c(F)c(CO)c(F)c2F)cc1.Cc1ccc(COc2c(F)c(F)c(CON)c(F)c2F)cc1.Cc1ccc(COc2c(F)c(F)c(CON3C(=O)c4ccccc4C3=O)c(F)c2F)cc1.O=C(O)c1c(F)c(F)c(O)c(F)c1F. The molecule has 2 amide bonds. The molecule has 12 rings (SSSR count). The number of aromatic hydroxyl groups is 1. The molecule has 37 heteroatoms. The van der Waals surface area contributed by atoms with Crippen LogP contribution in [0.1, 0.15) is 114 Å². The minimum absolute atomic E-state index is 0.0376. The molecule has 1 aliphatic rings. The van der Waals surface area contributed by atoms with Gasteiger partial charge in [-0.25, -0.2) is 59.4 Å². The maximum absolute atomic E-state index is 14.5. The lowest BCUT2D eigenvalue weighted by molar-refractivity contribution is -0.102. The van der Waals surface area contributed by atoms with Crippen LogP contribution in [0.5, 0.6) is 28.7 Å². The zero-order valence-corrected chi connectivity index (χ0v) is 63.1. The van der Waals surface area contributed by atoms with Gasteiger partial charge in [-0.05, 0) is 74.6 Å². The van der Waals surface area contributed by atoms with Crippen molar-refractivity contribution in [3.8, 4) is 28.7 Å². The molecule has 1 aliphatic heterocycles. The summed E-state index contributed by atoms with van der Waals surface area (Å²) < 4.78 is 291. The number of carboxylic acid groups (broad SMARTS) is 2. The summed E-state index contributed by atoms with van der Waals surface area (Å²) in [6.45, 7) is 5.29. The molecule has 0 spiro atoms. The lowest BCUT2D eigenvalue weighted by Crippen LogP contribution is -2.30. The molecule has 0 unspecified atom stereocenters. The first-order valence-electron chi connectivity index (χ1n) is 34.0. The molecule has 6 N–H and O–H groups in total. The minimum Gasteiger partial charge on any atom is -0.503 e. The molecule has 0 saturated heterocycles. The van der Waals surface area contributed by atoms with E-state index in [0.717, 1.165) is 22.3 Å². The summed E-state index contributed by atoms with van der Waals surface area (Å²) in [4.78, 5) is 54.2. The van der Waals surface area contributed by atoms with E-state index in [1.165, 1.54) is 35.4 Å². The zero-order valence-electron chi connectivity index (χ0n) is 62.3. The smallest absolute Gasteiger partial charge is 0.341 e. The van der Waals surface area contributed by atoms with E-state index < -0.39 is 216 Å². The number of hydrogen-bond acceptors (Lipinski definition) is 13. The Bertz CT molecular complexity index is 5390. The van der Waals surface area contributed by atoms with E-state index in [-0.39, 0.29) is 37.6 Å². The fraction of sp³-hybridized carbons (Fsp3) is 0.157. The Labute approximate surface area is 671 Å². The van der Waals surface area contributed by atoms with Gasteiger partial charge < -0.3 is 39.4 Å². The Balaban J connectivity index is 0.000000205. The average molecular weight is 1730 g/mol. The third-order valence-corrected chi connectivity index (χ3v) is 16.9. The Morgan fingerprint density at radius 1 is 0.333 bits per heavy atom. The Morgan fingerprint density at radius 2 is 0.567 bits per heavy atom. The number of halogens is 21. The fourth-order valence-electron chi connectivity index (χ4n) is 10.0. The molecule has 0 atom stereocenters. The molecule has 0 saturated carbocycles. The first kappa shape index (κ1) is 94.4. The van der Waals surface area contributed by atoms with Gasteiger partial charge in [0, 0.05) is 5.88 Å². The number of phenolic OH excluding ortho intramolecular Hbond substituents is 1. The Hall–Kier alpha value is -12.8. The van der Waals surface area contributed by atoms with E-state index in [1.54, 1.807) is 97.1 Å². The van der Waals surface area contributed by atoms with E-state index in [4.69, 9.17) is 55.8 Å². The monoisotopic (exact) mass is 1720 g/mol. The molecule has 0 bridgehead atoms. The van der Waals surface area contributed by atoms with Crippen LogP contribution in [0.25, 0.3) is 0 Å². The predicted molar refractivity (Wildman–Crippen MR) is 386 cm³/mol. The fourth-order valence-corrected chi connectivity index (χ4v) is 10.2. The number of carbonyl (C=O) groups is 4. The van der Waals surface area contributed by atoms with Crippen LogP contribution < -0.4 is 24.8 Å². The van der Waals surface area contributed by atoms with Crippen molar-refractivity contribution in [3.05, 3.63) is 357 Å². The van der Waals surface area contributed by atoms with Crippen molar-refractivity contribution in [2.75, 3.05) is 0 Å². The summed E-state index contributed by atoms with van der Waals surface area (Å²) in [7, 11) is 0. The Kier molecular flexibility index (Phi) is 33.5. The largest absolute Gasteiger partial charge is 0.503 e. The van der Waals surface area contributed by atoms with Crippen LogP contribution in [0.2, 0.25) is 0 Å². The minimum atomic E-state index is -2.17. The van der Waals surface area contributed by atoms with Gasteiger partial charge >= 0.3 is 11.9 Å². The van der Waals surface area contributed by atoms with E-state index in [2.05, 4.69) is 29.8 Å². The van der Waals surface area contributed by atoms with E-state index >= 15 is 0 Å². The van der Waals surface area contributed by atoms with Gasteiger partial charge in [0.25, 0.3) is 11.8 Å². The highest BCUT2D eigenvalue weighted by molar-refractivity contribution is 6.20. The molecule has 0 aliphatic carbocycles. The molecular formula is C83H61ClF20N2O14. The summed E-state index contributed by atoms with van der Waals surface area (Å²) in [6.07, 6.45) is 0. The van der Waals surface area contributed by atoms with Gasteiger partial charge in [-0.1, -0.05) is 161 Å². The van der Waals surface area contributed by atoms with Crippen molar-refractivity contribution in [3.63, 3.8) is 0 Å². The first-order valence-corrected chi connectivity index (χ1v) is 34.6. The number of imide groups is 1. The molecule has 634 valence electrons. The number of phenols is 1. The number of aliphatic hydroxyl groups excluding tert-OH is 1. The van der Waals surface area contributed by atoms with Crippen LogP contribution >= 0.6 is 11.6 Å². The summed E-state index contributed by atoms with van der Waals surface area (Å²) >= 11 is 5.58. The molecule has 120 heavy (non-hydrogen) atoms. The second kappa shape index (κ2) is 42.6. The summed E-state index contributed by atoms with van der Waals surface area (Å²) in [5.74, 6) is -43.8. The van der Waals surface area contributed by atoms with Gasteiger partial charge in [0.15, 0.2) is 86.9 Å². The number of ether oxygens (including phenoxy) is 4. The van der Waals surface area contributed by atoms with Crippen molar-refractivity contribution < 1.29 is 156 Å². The number of hydrogen-bond donors (Lipinski definition) is 5. The van der Waals surface area contributed by atoms with E-state index in [1.807, 2.05) is 39.8 Å². The third kappa shape index (κ3) is 22.7. The normalized spacial score (nSPS) is 11.2. The van der Waals surface area contributed by atoms with Gasteiger partial charge in [0.2, 0.25) is 58.2 Å². The van der Waals surface area contributed by atoms with Crippen LogP contribution in [-0.4, -0.2) is 49.2 Å². The molecule has 1 heterocycles. The van der Waals surface area contributed by atoms with Gasteiger partial charge in [0.05, 0.1) is 41.0 Å². The van der Waals surface area contributed by atoms with Crippen molar-refractivity contribution >= 4 is 35.4 Å². The van der Waals surface area contributed by atoms with Crippen molar-refractivity contribution in [1.82, 2.24) is 5.06 Å². The van der Waals surface area contributed by atoms with Crippen molar-refractivity contribution in [1.29, 1.82) is 0 Å². The quantitative estimate of drug-likeness (QED) is 0.0148. The predicted octanol–water partition coefficient (Wildman–Crippen LogP) is 20.2. The van der Waals surface area contributed by atoms with Crippen LogP contribution in [0, 0.1) is 151 Å². The van der Waals surface area contributed by atoms with Gasteiger partial charge in [0.1, 0.15) is 44.2 Å². The van der Waals surface area contributed by atoms with Crippen LogP contribution in [-0.2, 0) is 61.8 Å². The van der Waals surface area contributed by atoms with Crippen molar-refractivity contribution in [2.24, 2.45) is 5.90 Å². The number of aryl methyl sites for hydroxylation is 5. The number of carboxylic acids is 2. The number of benzene rings is 11. The maximum Gasteiger partial charge on any atom is 0.341 e. The van der Waals surface area contributed by atoms with Crippen LogP contribution in [0.4, 0.5) is 87.8 Å². The highest BCUT2D eigenvalue weighted by Gasteiger charge is 2.39. The lowest BCUT2D eigenvalue weighted by Gasteiger charge is -2.16. The van der Waals surface area contributed by atoms with Crippen LogP contribution in [0.3, 0.4) is 0 Å². The van der Waals surface area contributed by atoms with E-state index in [0.29, 0.717) is 33.2 Å². The van der Waals surface area contributed by atoms with E-state index in [9.17, 15) is 107 Å². The second-order valence-corrected chi connectivity index (χ2v) is 25.4. The summed E-state index contributed by atoms with van der Waals surface area (Å²) in [5.41, 5.74) is 2.06. The Morgan fingerprint density at radius 3 is 0.808 bits per heavy atom. The number of aromatic carboxylic acids is 2. The van der Waals surface area contributed by atoms with Gasteiger partial charge in [-0.2, -0.15) is 43.9 Å². The number of carbonyl (C=O) groups excluding carboxylic acids is 2. The highest BCUT2D eigenvalue weighted by Crippen LogP contribution is 2.37. The van der Waals surface area contributed by atoms with Crippen LogP contribution in [0.15, 0.2) is 146 Å². The number of fused-ring (bicyclic) bond motifs is 1. The molecule has 0 radical (unpaired) electrons. The molecule has 11 aromatic carbocycles. The number of nitrogens with zero attached hydrogens (tertiary/aromatic N) is 1. The second-order valence-electron chi connectivity index (χ2n) is 25.1. The topological polar surface area (TPSA) is 234 Å². The molecule has 0 fully saturated rings. The molecular weight excluding hydrogens is 1660 g/mol. The number of alkyl halides is 1. The first-order chi connectivity index (χ1) is 56.7. The summed E-state index contributed by atoms with van der Waals surface area (Å²) in [5, 5.41) is 34.2. The molecule has 0 aromatic heterocycles. The summed E-state index contributed by atoms with van der Waals surface area (Å²) in [6, 6.07) is 41.2. The third-order valence-electron chi connectivity index (χ3n) is 16.6. The molecule has 11 aromatic rings. The number of hydroxylamine groups is 2.